The van der Waals surface area contributed by atoms with Crippen molar-refractivity contribution >= 4 is 17.5 Å². The van der Waals surface area contributed by atoms with Gasteiger partial charge in [0.15, 0.2) is 0 Å². The lowest BCUT2D eigenvalue weighted by molar-refractivity contribution is -0.141. The summed E-state index contributed by atoms with van der Waals surface area (Å²) in [7, 11) is 0. The second-order valence-corrected chi connectivity index (χ2v) is 4.92. The Morgan fingerprint density at radius 2 is 2.12 bits per heavy atom. The Balaban J connectivity index is 2.56. The Hall–Kier alpha value is -1.19. The molecular weight excluding hydrogens is 206 g/mol. The van der Waals surface area contributed by atoms with Crippen LogP contribution in [0.3, 0.4) is 0 Å². The van der Waals surface area contributed by atoms with Gasteiger partial charge in [-0.25, -0.2) is 0 Å². The molecule has 1 fully saturated rings. The summed E-state index contributed by atoms with van der Waals surface area (Å²) in [6.07, 6.45) is 1.78. The highest BCUT2D eigenvalue weighted by Gasteiger charge is 2.30. The summed E-state index contributed by atoms with van der Waals surface area (Å²) in [6, 6.07) is 0. The van der Waals surface area contributed by atoms with Crippen LogP contribution in [-0.2, 0) is 14.3 Å². The fourth-order valence-corrected chi connectivity index (χ4v) is 2.00. The fourth-order valence-electron chi connectivity index (χ4n) is 2.00. The minimum Gasteiger partial charge on any atom is -0.465 e. The van der Waals surface area contributed by atoms with Crippen LogP contribution in [-0.4, -0.2) is 30.6 Å². The quantitative estimate of drug-likeness (QED) is 0.688. The van der Waals surface area contributed by atoms with Crippen molar-refractivity contribution in [3.63, 3.8) is 0 Å². The second kappa shape index (κ2) is 5.23. The molecule has 16 heavy (non-hydrogen) atoms. The molecule has 0 aromatic rings. The lowest BCUT2D eigenvalue weighted by atomic mass is 9.76. The average Bonchev–Trinajstić information content (AvgIpc) is 2.12. The van der Waals surface area contributed by atoms with E-state index < -0.39 is 0 Å². The van der Waals surface area contributed by atoms with E-state index in [1.54, 1.807) is 6.92 Å². The van der Waals surface area contributed by atoms with Crippen LogP contribution in [0.5, 0.6) is 0 Å². The first-order chi connectivity index (χ1) is 7.43. The molecular formula is C12H19NO3. The zero-order valence-corrected chi connectivity index (χ0v) is 10.2. The molecule has 0 atom stereocenters. The van der Waals surface area contributed by atoms with Gasteiger partial charge in [-0.15, -0.1) is 0 Å². The third-order valence-electron chi connectivity index (χ3n) is 2.50. The van der Waals surface area contributed by atoms with Crippen molar-refractivity contribution < 1.29 is 14.3 Å². The summed E-state index contributed by atoms with van der Waals surface area (Å²) < 4.78 is 4.78. The first-order valence-corrected chi connectivity index (χ1v) is 5.62. The summed E-state index contributed by atoms with van der Waals surface area (Å²) in [5.74, 6) is -0.121. The van der Waals surface area contributed by atoms with E-state index in [1.165, 1.54) is 0 Å². The van der Waals surface area contributed by atoms with Gasteiger partial charge in [0.2, 0.25) is 0 Å². The largest absolute Gasteiger partial charge is 0.465 e. The minimum absolute atomic E-state index is 0.0250. The van der Waals surface area contributed by atoms with Crippen molar-refractivity contribution in [2.75, 3.05) is 13.2 Å². The van der Waals surface area contributed by atoms with Gasteiger partial charge in [0, 0.05) is 18.6 Å². The number of hydrogen-bond donors (Lipinski definition) is 0. The second-order valence-electron chi connectivity index (χ2n) is 4.92. The van der Waals surface area contributed by atoms with Crippen LogP contribution in [0.2, 0.25) is 0 Å². The number of carbonyl (C=O) groups excluding carboxylic acids is 2. The highest BCUT2D eigenvalue weighted by molar-refractivity contribution is 6.05. The molecule has 0 heterocycles. The van der Waals surface area contributed by atoms with Gasteiger partial charge < -0.3 is 4.74 Å². The van der Waals surface area contributed by atoms with Crippen LogP contribution in [0.1, 0.15) is 40.0 Å². The van der Waals surface area contributed by atoms with Crippen LogP contribution >= 0.6 is 0 Å². The number of Topliss-reactive ketones (excluding diaryl/α,β-unsaturated/α-hetero) is 1. The zero-order valence-electron chi connectivity index (χ0n) is 10.2. The number of nitrogens with zero attached hydrogens (tertiary/aromatic N) is 1. The topological polar surface area (TPSA) is 55.7 Å². The van der Waals surface area contributed by atoms with E-state index in [0.29, 0.717) is 19.4 Å². The Labute approximate surface area is 96.1 Å². The van der Waals surface area contributed by atoms with E-state index in [1.807, 2.05) is 13.8 Å². The molecule has 0 spiro atoms. The lowest BCUT2D eigenvalue weighted by Gasteiger charge is -2.29. The molecule has 1 aliphatic carbocycles. The van der Waals surface area contributed by atoms with Gasteiger partial charge in [-0.2, -0.15) is 0 Å². The Morgan fingerprint density at radius 1 is 1.44 bits per heavy atom. The van der Waals surface area contributed by atoms with Gasteiger partial charge >= 0.3 is 5.97 Å². The third kappa shape index (κ3) is 4.13. The third-order valence-corrected chi connectivity index (χ3v) is 2.50. The molecule has 1 saturated carbocycles. The van der Waals surface area contributed by atoms with Gasteiger partial charge in [0.1, 0.15) is 12.3 Å². The van der Waals surface area contributed by atoms with E-state index in [4.69, 9.17) is 4.74 Å². The average molecular weight is 225 g/mol. The molecule has 0 radical (unpaired) electrons. The van der Waals surface area contributed by atoms with Gasteiger partial charge in [-0.1, -0.05) is 13.8 Å². The van der Waals surface area contributed by atoms with Crippen LogP contribution in [0.25, 0.3) is 0 Å². The monoisotopic (exact) mass is 225 g/mol. The van der Waals surface area contributed by atoms with E-state index in [0.717, 1.165) is 12.1 Å². The number of esters is 1. The molecule has 0 bridgehead atoms. The van der Waals surface area contributed by atoms with E-state index >= 15 is 0 Å². The Morgan fingerprint density at radius 3 is 2.69 bits per heavy atom. The molecule has 0 saturated heterocycles. The molecule has 0 aromatic heterocycles. The first-order valence-electron chi connectivity index (χ1n) is 5.62. The normalized spacial score (nSPS) is 22.2. The van der Waals surface area contributed by atoms with Crippen LogP contribution < -0.4 is 0 Å². The number of rotatable bonds is 3. The molecule has 1 rings (SSSR count). The summed E-state index contributed by atoms with van der Waals surface area (Å²) in [4.78, 5) is 26.7. The minimum atomic E-state index is -0.328. The standard InChI is InChI=1S/C12H19NO3/c1-4-16-11(15)8-13-9-5-10(14)7-12(2,3)6-9/h4-8H2,1-3H3. The van der Waals surface area contributed by atoms with Crippen molar-refractivity contribution in [2.24, 2.45) is 10.4 Å². The van der Waals surface area contributed by atoms with Crippen molar-refractivity contribution in [3.05, 3.63) is 0 Å². The highest BCUT2D eigenvalue weighted by Crippen LogP contribution is 2.31. The fraction of sp³-hybridized carbons (Fsp3) is 0.750. The predicted molar refractivity (Wildman–Crippen MR) is 61.6 cm³/mol. The smallest absolute Gasteiger partial charge is 0.327 e. The van der Waals surface area contributed by atoms with Crippen LogP contribution in [0, 0.1) is 5.41 Å². The first kappa shape index (κ1) is 12.9. The molecule has 1 aliphatic rings. The number of ketones is 1. The molecule has 0 unspecified atom stereocenters. The number of ether oxygens (including phenoxy) is 1. The molecule has 0 aliphatic heterocycles. The molecule has 0 aromatic carbocycles. The lowest BCUT2D eigenvalue weighted by Crippen LogP contribution is -2.29. The van der Waals surface area contributed by atoms with Gasteiger partial charge in [0.25, 0.3) is 0 Å². The van der Waals surface area contributed by atoms with Gasteiger partial charge in [-0.05, 0) is 18.8 Å². The Kier molecular flexibility index (Phi) is 4.21. The number of aliphatic imine (C=N–C) groups is 1. The predicted octanol–water partition coefficient (Wildman–Crippen LogP) is 1.77. The summed E-state index contributed by atoms with van der Waals surface area (Å²) in [6.45, 7) is 6.26. The van der Waals surface area contributed by atoms with Crippen molar-refractivity contribution in [2.45, 2.75) is 40.0 Å². The van der Waals surface area contributed by atoms with Crippen molar-refractivity contribution in [3.8, 4) is 0 Å². The maximum atomic E-state index is 11.5. The molecule has 4 nitrogen and oxygen atoms in total. The van der Waals surface area contributed by atoms with Crippen LogP contribution in [0.15, 0.2) is 4.99 Å². The summed E-state index contributed by atoms with van der Waals surface area (Å²) in [5.41, 5.74) is 0.803. The number of hydrogen-bond acceptors (Lipinski definition) is 4. The van der Waals surface area contributed by atoms with E-state index in [9.17, 15) is 9.59 Å². The molecule has 0 amide bonds. The van der Waals surface area contributed by atoms with E-state index in [2.05, 4.69) is 4.99 Å². The molecule has 90 valence electrons. The van der Waals surface area contributed by atoms with Crippen molar-refractivity contribution in [1.29, 1.82) is 0 Å². The van der Waals surface area contributed by atoms with Crippen molar-refractivity contribution in [1.82, 2.24) is 0 Å². The maximum Gasteiger partial charge on any atom is 0.327 e. The van der Waals surface area contributed by atoms with E-state index in [-0.39, 0.29) is 23.7 Å². The SMILES string of the molecule is CCOC(=O)CN=C1CC(=O)CC(C)(C)C1. The summed E-state index contributed by atoms with van der Waals surface area (Å²) >= 11 is 0. The molecule has 4 heteroatoms. The highest BCUT2D eigenvalue weighted by atomic mass is 16.5. The van der Waals surface area contributed by atoms with Crippen LogP contribution in [0.4, 0.5) is 0 Å². The van der Waals surface area contributed by atoms with Gasteiger partial charge in [0.05, 0.1) is 6.61 Å². The molecule has 0 N–H and O–H groups in total. The zero-order chi connectivity index (χ0) is 12.2. The number of carbonyl (C=O) groups is 2. The Bertz CT molecular complexity index is 318. The maximum absolute atomic E-state index is 11.5. The summed E-state index contributed by atoms with van der Waals surface area (Å²) in [5, 5.41) is 0. The van der Waals surface area contributed by atoms with Gasteiger partial charge in [-0.3, -0.25) is 14.6 Å².